The topological polar surface area (TPSA) is 53.5 Å². The molecule has 1 fully saturated rings. The Hall–Kier alpha value is -2.14. The third kappa shape index (κ3) is 2.10. The molecule has 3 amide bonds. The number of hydrogen-bond acceptors (Lipinski definition) is 3. The fraction of sp³-hybridized carbons (Fsp3) is 0.214. The molecule has 0 aliphatic carbocycles. The first-order valence-corrected chi connectivity index (χ1v) is 6.53. The molecule has 2 heterocycles. The van der Waals surface area contributed by atoms with Gasteiger partial charge in [0.05, 0.1) is 12.1 Å². The summed E-state index contributed by atoms with van der Waals surface area (Å²) in [5, 5.41) is 1.25. The number of hydrogen-bond donors (Lipinski definition) is 0. The molecule has 3 rings (SSSR count). The predicted octanol–water partition coefficient (Wildman–Crippen LogP) is 2.28. The van der Waals surface area contributed by atoms with Crippen molar-refractivity contribution < 1.29 is 9.59 Å². The van der Waals surface area contributed by atoms with Gasteiger partial charge in [0.1, 0.15) is 11.7 Å². The molecule has 1 aliphatic rings. The van der Waals surface area contributed by atoms with E-state index in [1.54, 1.807) is 7.05 Å². The second-order valence-corrected chi connectivity index (χ2v) is 5.11. The summed E-state index contributed by atoms with van der Waals surface area (Å²) in [6.07, 6.45) is 0. The van der Waals surface area contributed by atoms with Gasteiger partial charge in [0, 0.05) is 18.0 Å². The Kier molecular flexibility index (Phi) is 3.06. The first-order valence-electron chi connectivity index (χ1n) is 6.16. The molecule has 1 saturated heterocycles. The zero-order valence-corrected chi connectivity index (χ0v) is 11.6. The first kappa shape index (κ1) is 12.9. The van der Waals surface area contributed by atoms with E-state index in [2.05, 4.69) is 4.98 Å². The van der Waals surface area contributed by atoms with Gasteiger partial charge in [-0.15, -0.1) is 0 Å². The van der Waals surface area contributed by atoms with Crippen LogP contribution in [0.3, 0.4) is 0 Å². The van der Waals surface area contributed by atoms with Gasteiger partial charge < -0.3 is 4.90 Å². The van der Waals surface area contributed by atoms with Gasteiger partial charge in [-0.3, -0.25) is 9.69 Å². The van der Waals surface area contributed by atoms with E-state index in [1.165, 1.54) is 9.80 Å². The van der Waals surface area contributed by atoms with Gasteiger partial charge in [0.2, 0.25) is 0 Å². The minimum absolute atomic E-state index is 0.109. The van der Waals surface area contributed by atoms with Crippen LogP contribution in [0, 0.1) is 0 Å². The highest BCUT2D eigenvalue weighted by atomic mass is 35.5. The van der Waals surface area contributed by atoms with Crippen LogP contribution in [0.5, 0.6) is 0 Å². The zero-order chi connectivity index (χ0) is 14.3. The molecule has 1 aromatic heterocycles. The zero-order valence-electron chi connectivity index (χ0n) is 10.8. The number of likely N-dealkylation sites (N-methyl/N-ethyl adjacent to an activating group) is 1. The molecule has 2 aromatic rings. The smallest absolute Gasteiger partial charge is 0.318 e. The summed E-state index contributed by atoms with van der Waals surface area (Å²) in [4.78, 5) is 30.5. The van der Waals surface area contributed by atoms with Crippen molar-refractivity contribution >= 4 is 34.4 Å². The Bertz CT molecular complexity index is 717. The molecule has 20 heavy (non-hydrogen) atoms. The number of fused-ring (bicyclic) bond motifs is 1. The largest absolute Gasteiger partial charge is 0.327 e. The molecular weight excluding hydrogens is 278 g/mol. The lowest BCUT2D eigenvalue weighted by Crippen LogP contribution is -2.31. The normalized spacial score (nSPS) is 15.5. The number of para-hydroxylation sites is 1. The van der Waals surface area contributed by atoms with E-state index in [0.717, 1.165) is 10.9 Å². The monoisotopic (exact) mass is 289 g/mol. The van der Waals surface area contributed by atoms with Gasteiger partial charge in [0.25, 0.3) is 5.91 Å². The lowest BCUT2D eigenvalue weighted by molar-refractivity contribution is -0.125. The van der Waals surface area contributed by atoms with E-state index in [0.29, 0.717) is 10.7 Å². The summed E-state index contributed by atoms with van der Waals surface area (Å²) in [5.74, 6) is -0.221. The number of nitrogens with zero attached hydrogens (tertiary/aromatic N) is 3. The molecule has 102 valence electrons. The summed E-state index contributed by atoms with van der Waals surface area (Å²) in [6.45, 7) is 0.260. The number of rotatable bonds is 2. The Balaban J connectivity index is 1.97. The highest BCUT2D eigenvalue weighted by Gasteiger charge is 2.33. The lowest BCUT2D eigenvalue weighted by Gasteiger charge is -2.15. The number of halogens is 1. The maximum Gasteiger partial charge on any atom is 0.327 e. The molecule has 0 saturated carbocycles. The Morgan fingerprint density at radius 3 is 2.75 bits per heavy atom. The summed E-state index contributed by atoms with van der Waals surface area (Å²) in [5.41, 5.74) is 1.46. The van der Waals surface area contributed by atoms with Crippen LogP contribution in [-0.4, -0.2) is 40.3 Å². The van der Waals surface area contributed by atoms with Crippen LogP contribution in [0.4, 0.5) is 4.79 Å². The summed E-state index contributed by atoms with van der Waals surface area (Å²) >= 11 is 6.14. The van der Waals surface area contributed by atoms with Crippen LogP contribution >= 0.6 is 11.6 Å². The van der Waals surface area contributed by atoms with Crippen molar-refractivity contribution in [2.45, 2.75) is 6.54 Å². The van der Waals surface area contributed by atoms with Crippen LogP contribution in [0.25, 0.3) is 10.9 Å². The molecule has 1 aliphatic heterocycles. The second-order valence-electron chi connectivity index (χ2n) is 4.75. The number of carbonyl (C=O) groups is 2. The molecule has 0 unspecified atom stereocenters. The second kappa shape index (κ2) is 4.76. The van der Waals surface area contributed by atoms with Gasteiger partial charge in [0.15, 0.2) is 0 Å². The van der Waals surface area contributed by atoms with E-state index < -0.39 is 0 Å². The minimum atomic E-state index is -0.306. The average Bonchev–Trinajstić information content (AvgIpc) is 2.66. The predicted molar refractivity (Wildman–Crippen MR) is 75.3 cm³/mol. The average molecular weight is 290 g/mol. The van der Waals surface area contributed by atoms with Crippen molar-refractivity contribution in [2.75, 3.05) is 13.6 Å². The van der Waals surface area contributed by atoms with Crippen molar-refractivity contribution in [2.24, 2.45) is 0 Å². The minimum Gasteiger partial charge on any atom is -0.318 e. The molecule has 0 atom stereocenters. The summed E-state index contributed by atoms with van der Waals surface area (Å²) in [6, 6.07) is 9.13. The molecule has 5 nitrogen and oxygen atoms in total. The first-order chi connectivity index (χ1) is 9.56. The third-order valence-electron chi connectivity index (χ3n) is 3.31. The number of urea groups is 1. The SMILES string of the molecule is CN1CC(=O)N(Cc2cc3ccccc3nc2Cl)C1=O. The lowest BCUT2D eigenvalue weighted by atomic mass is 10.1. The van der Waals surface area contributed by atoms with Crippen molar-refractivity contribution in [3.05, 3.63) is 41.0 Å². The molecule has 0 radical (unpaired) electrons. The Morgan fingerprint density at radius 1 is 1.30 bits per heavy atom. The number of imide groups is 1. The number of benzene rings is 1. The van der Waals surface area contributed by atoms with E-state index in [1.807, 2.05) is 30.3 Å². The van der Waals surface area contributed by atoms with Crippen molar-refractivity contribution in [1.29, 1.82) is 0 Å². The molecule has 1 aromatic carbocycles. The highest BCUT2D eigenvalue weighted by molar-refractivity contribution is 6.30. The van der Waals surface area contributed by atoms with Gasteiger partial charge >= 0.3 is 6.03 Å². The van der Waals surface area contributed by atoms with Crippen LogP contribution in [-0.2, 0) is 11.3 Å². The van der Waals surface area contributed by atoms with Crippen LogP contribution in [0.15, 0.2) is 30.3 Å². The van der Waals surface area contributed by atoms with Crippen LogP contribution in [0.1, 0.15) is 5.56 Å². The Labute approximate surface area is 120 Å². The van der Waals surface area contributed by atoms with Crippen LogP contribution < -0.4 is 0 Å². The Morgan fingerprint density at radius 2 is 2.05 bits per heavy atom. The maximum absolute atomic E-state index is 11.9. The number of aromatic nitrogens is 1. The van der Waals surface area contributed by atoms with Crippen molar-refractivity contribution in [3.8, 4) is 0 Å². The molecule has 0 N–H and O–H groups in total. The third-order valence-corrected chi connectivity index (χ3v) is 3.64. The van der Waals surface area contributed by atoms with Crippen molar-refractivity contribution in [1.82, 2.24) is 14.8 Å². The standard InChI is InChI=1S/C14H12ClN3O2/c1-17-8-12(19)18(14(17)20)7-10-6-9-4-2-3-5-11(9)16-13(10)15/h2-6H,7-8H2,1H3. The van der Waals surface area contributed by atoms with E-state index in [-0.39, 0.29) is 25.0 Å². The summed E-state index contributed by atoms with van der Waals surface area (Å²) < 4.78 is 0. The van der Waals surface area contributed by atoms with E-state index in [9.17, 15) is 9.59 Å². The number of amides is 3. The van der Waals surface area contributed by atoms with Gasteiger partial charge in [-0.1, -0.05) is 29.8 Å². The number of carbonyl (C=O) groups excluding carboxylic acids is 2. The highest BCUT2D eigenvalue weighted by Crippen LogP contribution is 2.23. The van der Waals surface area contributed by atoms with E-state index in [4.69, 9.17) is 11.6 Å². The molecule has 0 spiro atoms. The molecule has 0 bridgehead atoms. The number of pyridine rings is 1. The maximum atomic E-state index is 11.9. The van der Waals surface area contributed by atoms with Crippen molar-refractivity contribution in [3.63, 3.8) is 0 Å². The fourth-order valence-corrected chi connectivity index (χ4v) is 2.45. The van der Waals surface area contributed by atoms with Gasteiger partial charge in [-0.25, -0.2) is 9.78 Å². The molecular formula is C14H12ClN3O2. The quantitative estimate of drug-likeness (QED) is 0.629. The van der Waals surface area contributed by atoms with Crippen LogP contribution in [0.2, 0.25) is 5.15 Å². The summed E-state index contributed by atoms with van der Waals surface area (Å²) in [7, 11) is 1.60. The fourth-order valence-electron chi connectivity index (χ4n) is 2.24. The molecule has 6 heteroatoms. The van der Waals surface area contributed by atoms with Gasteiger partial charge in [-0.05, 0) is 12.1 Å². The van der Waals surface area contributed by atoms with E-state index >= 15 is 0 Å². The van der Waals surface area contributed by atoms with Gasteiger partial charge in [-0.2, -0.15) is 0 Å².